The van der Waals surface area contributed by atoms with E-state index < -0.39 is 5.25 Å². The smallest absolute Gasteiger partial charge is 0.262 e. The van der Waals surface area contributed by atoms with Crippen molar-refractivity contribution in [1.29, 1.82) is 0 Å². The number of hydrogen-bond acceptors (Lipinski definition) is 6. The molecule has 0 aliphatic rings. The molecule has 0 unspecified atom stereocenters. The fourth-order valence-corrected chi connectivity index (χ4v) is 5.35. The molecule has 208 valence electrons. The van der Waals surface area contributed by atoms with Gasteiger partial charge in [-0.25, -0.2) is 4.98 Å². The minimum atomic E-state index is -0.495. The molecule has 2 heterocycles. The number of anilines is 1. The summed E-state index contributed by atoms with van der Waals surface area (Å²) in [7, 11) is 0. The van der Waals surface area contributed by atoms with Crippen LogP contribution in [0, 0.1) is 0 Å². The van der Waals surface area contributed by atoms with Crippen molar-refractivity contribution in [3.8, 4) is 0 Å². The van der Waals surface area contributed by atoms with Gasteiger partial charge in [-0.1, -0.05) is 54.6 Å². The summed E-state index contributed by atoms with van der Waals surface area (Å²) < 4.78 is 6.84. The third kappa shape index (κ3) is 6.87. The summed E-state index contributed by atoms with van der Waals surface area (Å²) in [6, 6.07) is 24.7. The van der Waals surface area contributed by atoms with Crippen molar-refractivity contribution in [1.82, 2.24) is 14.9 Å². The topological polar surface area (TPSA) is 106 Å². The first-order chi connectivity index (χ1) is 19.9. The number of rotatable bonds is 10. The van der Waals surface area contributed by atoms with Gasteiger partial charge in [-0.3, -0.25) is 19.0 Å². The fourth-order valence-electron chi connectivity index (χ4n) is 4.21. The molecule has 2 aromatic heterocycles. The number of carbonyl (C=O) groups excluding carboxylic acids is 2. The summed E-state index contributed by atoms with van der Waals surface area (Å²) in [5.74, 6) is 0.236. The van der Waals surface area contributed by atoms with Crippen molar-refractivity contribution in [2.24, 2.45) is 0 Å². The molecular formula is C31H27ClN4O4S. The number of hydrogen-bond donors (Lipinski definition) is 2. The van der Waals surface area contributed by atoms with Crippen molar-refractivity contribution >= 4 is 51.8 Å². The van der Waals surface area contributed by atoms with E-state index in [2.05, 4.69) is 10.6 Å². The lowest BCUT2D eigenvalue weighted by Crippen LogP contribution is -2.28. The Labute approximate surface area is 245 Å². The van der Waals surface area contributed by atoms with Crippen LogP contribution in [-0.2, 0) is 17.9 Å². The van der Waals surface area contributed by atoms with Crippen LogP contribution in [0.1, 0.15) is 35.0 Å². The highest BCUT2D eigenvalue weighted by molar-refractivity contribution is 8.00. The van der Waals surface area contributed by atoms with Gasteiger partial charge in [-0.2, -0.15) is 0 Å². The van der Waals surface area contributed by atoms with Gasteiger partial charge < -0.3 is 15.1 Å². The van der Waals surface area contributed by atoms with Crippen molar-refractivity contribution < 1.29 is 14.0 Å². The van der Waals surface area contributed by atoms with Crippen LogP contribution in [-0.4, -0.2) is 26.6 Å². The molecule has 41 heavy (non-hydrogen) atoms. The first-order valence-corrected chi connectivity index (χ1v) is 14.3. The van der Waals surface area contributed by atoms with E-state index in [0.29, 0.717) is 44.5 Å². The number of fused-ring (bicyclic) bond motifs is 1. The van der Waals surface area contributed by atoms with Gasteiger partial charge in [0.15, 0.2) is 5.16 Å². The summed E-state index contributed by atoms with van der Waals surface area (Å²) in [6.45, 7) is 2.43. The van der Waals surface area contributed by atoms with Gasteiger partial charge in [0.1, 0.15) is 5.76 Å². The number of halogens is 1. The van der Waals surface area contributed by atoms with Crippen LogP contribution in [0.5, 0.6) is 0 Å². The number of para-hydroxylation sites is 1. The monoisotopic (exact) mass is 586 g/mol. The first kappa shape index (κ1) is 28.2. The van der Waals surface area contributed by atoms with E-state index in [1.807, 2.05) is 25.1 Å². The average Bonchev–Trinajstić information content (AvgIpc) is 3.52. The summed E-state index contributed by atoms with van der Waals surface area (Å²) in [5.41, 5.74) is 2.30. The molecule has 0 spiro atoms. The summed E-state index contributed by atoms with van der Waals surface area (Å²) in [5, 5.41) is 6.75. The van der Waals surface area contributed by atoms with Crippen molar-refractivity contribution in [3.05, 3.63) is 123 Å². The molecule has 5 aromatic rings. The van der Waals surface area contributed by atoms with Crippen LogP contribution < -0.4 is 16.2 Å². The number of amides is 2. The van der Waals surface area contributed by atoms with Crippen LogP contribution in [0.4, 0.5) is 5.69 Å². The van der Waals surface area contributed by atoms with Crippen LogP contribution in [0.3, 0.4) is 0 Å². The molecule has 5 rings (SSSR count). The van der Waals surface area contributed by atoms with Crippen molar-refractivity contribution in [2.75, 3.05) is 5.32 Å². The Balaban J connectivity index is 1.38. The Morgan fingerprint density at radius 1 is 1.00 bits per heavy atom. The van der Waals surface area contributed by atoms with E-state index >= 15 is 0 Å². The normalized spacial score (nSPS) is 11.8. The number of furan rings is 1. The van der Waals surface area contributed by atoms with Crippen LogP contribution in [0.2, 0.25) is 5.02 Å². The third-order valence-electron chi connectivity index (χ3n) is 6.41. The Hall–Kier alpha value is -4.34. The maximum absolute atomic E-state index is 13.6. The minimum Gasteiger partial charge on any atom is -0.467 e. The molecule has 8 nitrogen and oxygen atoms in total. The van der Waals surface area contributed by atoms with Gasteiger partial charge in [0.25, 0.3) is 11.5 Å². The number of thioether (sulfide) groups is 1. The second-order valence-electron chi connectivity index (χ2n) is 9.27. The van der Waals surface area contributed by atoms with E-state index in [1.54, 1.807) is 77.6 Å². The lowest BCUT2D eigenvalue weighted by molar-refractivity contribution is -0.115. The van der Waals surface area contributed by atoms with Crippen molar-refractivity contribution in [3.63, 3.8) is 0 Å². The highest BCUT2D eigenvalue weighted by Gasteiger charge is 2.22. The van der Waals surface area contributed by atoms with Gasteiger partial charge in [-0.05, 0) is 72.6 Å². The lowest BCUT2D eigenvalue weighted by Gasteiger charge is -2.18. The van der Waals surface area contributed by atoms with E-state index in [0.717, 1.165) is 5.56 Å². The number of nitrogens with zero attached hydrogens (tertiary/aromatic N) is 2. The molecule has 0 saturated carbocycles. The van der Waals surface area contributed by atoms with Gasteiger partial charge >= 0.3 is 0 Å². The number of aromatic nitrogens is 2. The second kappa shape index (κ2) is 12.9. The van der Waals surface area contributed by atoms with Gasteiger partial charge in [0.2, 0.25) is 5.91 Å². The standard InChI is InChI=1S/C31H27ClN4O4S/c1-2-27(29(38)34-23-15-13-22(32)14-16-23)41-31-35-26-8-4-3-7-25(26)30(39)36(31)19-20-9-11-21(12-10-20)28(37)33-18-24-6-5-17-40-24/h3-17,27H,2,18-19H2,1H3,(H,33,37)(H,34,38)/t27-/m1/s1. The molecular weight excluding hydrogens is 560 g/mol. The molecule has 0 aliphatic heterocycles. The quantitative estimate of drug-likeness (QED) is 0.151. The largest absolute Gasteiger partial charge is 0.467 e. The minimum absolute atomic E-state index is 0.196. The second-order valence-corrected chi connectivity index (χ2v) is 10.9. The van der Waals surface area contributed by atoms with E-state index in [-0.39, 0.29) is 30.5 Å². The molecule has 0 saturated heterocycles. The molecule has 2 N–H and O–H groups in total. The molecule has 0 fully saturated rings. The van der Waals surface area contributed by atoms with Crippen LogP contribution >= 0.6 is 23.4 Å². The Morgan fingerprint density at radius 3 is 2.46 bits per heavy atom. The Kier molecular flexibility index (Phi) is 8.86. The maximum Gasteiger partial charge on any atom is 0.262 e. The predicted octanol–water partition coefficient (Wildman–Crippen LogP) is 6.13. The van der Waals surface area contributed by atoms with Crippen LogP contribution in [0.15, 0.2) is 106 Å². The summed E-state index contributed by atoms with van der Waals surface area (Å²) in [6.07, 6.45) is 2.08. The molecule has 2 amide bonds. The van der Waals surface area contributed by atoms with Crippen LogP contribution in [0.25, 0.3) is 10.9 Å². The van der Waals surface area contributed by atoms with Crippen molar-refractivity contribution in [2.45, 2.75) is 36.8 Å². The van der Waals surface area contributed by atoms with E-state index in [1.165, 1.54) is 11.8 Å². The summed E-state index contributed by atoms with van der Waals surface area (Å²) >= 11 is 7.22. The maximum atomic E-state index is 13.6. The van der Waals surface area contributed by atoms with E-state index in [4.69, 9.17) is 21.0 Å². The SMILES string of the molecule is CC[C@@H](Sc1nc2ccccc2c(=O)n1Cc1ccc(C(=O)NCc2ccco2)cc1)C(=O)Nc1ccc(Cl)cc1. The third-order valence-corrected chi connectivity index (χ3v) is 8.02. The lowest BCUT2D eigenvalue weighted by atomic mass is 10.1. The Bertz CT molecular complexity index is 1720. The zero-order valence-electron chi connectivity index (χ0n) is 22.2. The number of carbonyl (C=O) groups is 2. The van der Waals surface area contributed by atoms with E-state index in [9.17, 15) is 14.4 Å². The predicted molar refractivity (Wildman–Crippen MR) is 161 cm³/mol. The highest BCUT2D eigenvalue weighted by Crippen LogP contribution is 2.27. The molecule has 1 atom stereocenters. The fraction of sp³-hybridized carbons (Fsp3) is 0.161. The molecule has 3 aromatic carbocycles. The molecule has 10 heteroatoms. The zero-order chi connectivity index (χ0) is 28.8. The highest BCUT2D eigenvalue weighted by atomic mass is 35.5. The first-order valence-electron chi connectivity index (χ1n) is 13.0. The molecule has 0 radical (unpaired) electrons. The van der Waals surface area contributed by atoms with Gasteiger partial charge in [-0.15, -0.1) is 0 Å². The summed E-state index contributed by atoms with van der Waals surface area (Å²) in [4.78, 5) is 44.1. The zero-order valence-corrected chi connectivity index (χ0v) is 23.7. The number of benzene rings is 3. The van der Waals surface area contributed by atoms with Gasteiger partial charge in [0.05, 0.1) is 35.5 Å². The molecule has 0 aliphatic carbocycles. The van der Waals surface area contributed by atoms with Gasteiger partial charge in [0, 0.05) is 16.3 Å². The average molecular weight is 587 g/mol. The number of nitrogens with one attached hydrogen (secondary N) is 2. The Morgan fingerprint density at radius 2 is 1.76 bits per heavy atom. The molecule has 0 bridgehead atoms.